The van der Waals surface area contributed by atoms with E-state index in [1.54, 1.807) is 13.0 Å². The number of nitriles is 1. The molecule has 90 valence electrons. The van der Waals surface area contributed by atoms with Crippen LogP contribution in [0.3, 0.4) is 0 Å². The third-order valence-electron chi connectivity index (χ3n) is 2.12. The van der Waals surface area contributed by atoms with Crippen molar-refractivity contribution in [3.63, 3.8) is 0 Å². The van der Waals surface area contributed by atoms with Crippen LogP contribution in [-0.4, -0.2) is 5.91 Å². The van der Waals surface area contributed by atoms with Gasteiger partial charge in [0.2, 0.25) is 5.91 Å². The molecular weight excluding hydrogens is 266 g/mol. The Hall–Kier alpha value is -1.31. The standard InChI is InChI=1S/C11H9Cl2FN2O/c1-6(16-11(17)2-3-15)7-4-10(14)9(13)5-8(7)12/h4-6H,2H2,1H3,(H,16,17)/t6-/m1/s1. The summed E-state index contributed by atoms with van der Waals surface area (Å²) in [5, 5.41) is 11.1. The minimum Gasteiger partial charge on any atom is -0.349 e. The Bertz CT molecular complexity index is 485. The Morgan fingerprint density at radius 1 is 1.53 bits per heavy atom. The van der Waals surface area contributed by atoms with E-state index in [4.69, 9.17) is 28.5 Å². The first-order valence-electron chi connectivity index (χ1n) is 4.76. The summed E-state index contributed by atoms with van der Waals surface area (Å²) in [6, 6.07) is 3.68. The lowest BCUT2D eigenvalue weighted by Gasteiger charge is -2.15. The smallest absolute Gasteiger partial charge is 0.234 e. The van der Waals surface area contributed by atoms with Crippen molar-refractivity contribution in [1.82, 2.24) is 5.32 Å². The second-order valence-electron chi connectivity index (χ2n) is 3.41. The molecule has 6 heteroatoms. The van der Waals surface area contributed by atoms with Crippen LogP contribution in [-0.2, 0) is 4.79 Å². The summed E-state index contributed by atoms with van der Waals surface area (Å²) < 4.78 is 13.2. The monoisotopic (exact) mass is 274 g/mol. The highest BCUT2D eigenvalue weighted by Crippen LogP contribution is 2.28. The Morgan fingerprint density at radius 2 is 2.18 bits per heavy atom. The molecule has 0 unspecified atom stereocenters. The van der Waals surface area contributed by atoms with Crippen molar-refractivity contribution in [1.29, 1.82) is 5.26 Å². The number of halogens is 3. The number of rotatable bonds is 3. The maximum atomic E-state index is 13.2. The van der Waals surface area contributed by atoms with E-state index in [1.807, 2.05) is 0 Å². The normalized spacial score (nSPS) is 11.7. The third-order valence-corrected chi connectivity index (χ3v) is 2.74. The zero-order chi connectivity index (χ0) is 13.0. The molecule has 0 aliphatic carbocycles. The van der Waals surface area contributed by atoms with Gasteiger partial charge in [-0.1, -0.05) is 23.2 Å². The molecule has 3 nitrogen and oxygen atoms in total. The van der Waals surface area contributed by atoms with Gasteiger partial charge in [-0.3, -0.25) is 4.79 Å². The predicted octanol–water partition coefficient (Wildman–Crippen LogP) is 3.22. The number of carbonyl (C=O) groups excluding carboxylic acids is 1. The summed E-state index contributed by atoms with van der Waals surface area (Å²) >= 11 is 11.4. The molecule has 1 rings (SSSR count). The van der Waals surface area contributed by atoms with Crippen LogP contribution in [0.15, 0.2) is 12.1 Å². The number of benzene rings is 1. The molecular formula is C11H9Cl2FN2O. The molecule has 0 fully saturated rings. The summed E-state index contributed by atoms with van der Waals surface area (Å²) in [6.45, 7) is 1.64. The van der Waals surface area contributed by atoms with E-state index >= 15 is 0 Å². The molecule has 0 saturated heterocycles. The number of nitrogens with zero attached hydrogens (tertiary/aromatic N) is 1. The molecule has 0 heterocycles. The molecule has 0 aliphatic heterocycles. The SMILES string of the molecule is C[C@@H](NC(=O)CC#N)c1cc(F)c(Cl)cc1Cl. The Morgan fingerprint density at radius 3 is 2.76 bits per heavy atom. The molecule has 1 aromatic carbocycles. The van der Waals surface area contributed by atoms with Crippen molar-refractivity contribution in [3.05, 3.63) is 33.6 Å². The molecule has 0 aromatic heterocycles. The minimum absolute atomic E-state index is 0.0747. The van der Waals surface area contributed by atoms with Gasteiger partial charge < -0.3 is 5.32 Å². The number of hydrogen-bond donors (Lipinski definition) is 1. The number of nitrogens with one attached hydrogen (secondary N) is 1. The Kier molecular flexibility index (Phi) is 4.73. The van der Waals surface area contributed by atoms with Gasteiger partial charge in [0.05, 0.1) is 17.1 Å². The lowest BCUT2D eigenvalue weighted by Crippen LogP contribution is -2.26. The van der Waals surface area contributed by atoms with Gasteiger partial charge in [-0.2, -0.15) is 5.26 Å². The van der Waals surface area contributed by atoms with Crippen molar-refractivity contribution in [3.8, 4) is 6.07 Å². The van der Waals surface area contributed by atoms with Crippen LogP contribution < -0.4 is 5.32 Å². The van der Waals surface area contributed by atoms with Crippen molar-refractivity contribution >= 4 is 29.1 Å². The van der Waals surface area contributed by atoms with Crippen LogP contribution in [0.25, 0.3) is 0 Å². The van der Waals surface area contributed by atoms with Crippen LogP contribution in [0.1, 0.15) is 24.9 Å². The van der Waals surface area contributed by atoms with E-state index in [0.717, 1.165) is 0 Å². The molecule has 1 amide bonds. The van der Waals surface area contributed by atoms with E-state index in [1.165, 1.54) is 12.1 Å². The highest BCUT2D eigenvalue weighted by Gasteiger charge is 2.15. The average Bonchev–Trinajstić information content (AvgIpc) is 2.23. The number of amides is 1. The maximum Gasteiger partial charge on any atom is 0.234 e. The number of hydrogen-bond acceptors (Lipinski definition) is 2. The Balaban J connectivity index is 2.90. The average molecular weight is 275 g/mol. The maximum absolute atomic E-state index is 13.2. The first-order valence-corrected chi connectivity index (χ1v) is 5.52. The quantitative estimate of drug-likeness (QED) is 0.861. The van der Waals surface area contributed by atoms with E-state index in [9.17, 15) is 9.18 Å². The largest absolute Gasteiger partial charge is 0.349 e. The van der Waals surface area contributed by atoms with Crippen molar-refractivity contribution in [2.45, 2.75) is 19.4 Å². The minimum atomic E-state index is -0.604. The molecule has 0 bridgehead atoms. The van der Waals surface area contributed by atoms with Gasteiger partial charge in [0, 0.05) is 5.02 Å². The molecule has 17 heavy (non-hydrogen) atoms. The first kappa shape index (κ1) is 13.8. The van der Waals surface area contributed by atoms with Gasteiger partial charge in [0.1, 0.15) is 12.2 Å². The number of carbonyl (C=O) groups is 1. The lowest BCUT2D eigenvalue weighted by molar-refractivity contribution is -0.120. The third kappa shape index (κ3) is 3.58. The van der Waals surface area contributed by atoms with Gasteiger partial charge in [-0.15, -0.1) is 0 Å². The summed E-state index contributed by atoms with van der Waals surface area (Å²) in [7, 11) is 0. The predicted molar refractivity (Wildman–Crippen MR) is 63.2 cm³/mol. The van der Waals surface area contributed by atoms with Crippen LogP contribution in [0, 0.1) is 17.1 Å². The molecule has 0 radical (unpaired) electrons. The fraction of sp³-hybridized carbons (Fsp3) is 0.273. The topological polar surface area (TPSA) is 52.9 Å². The van der Waals surface area contributed by atoms with Gasteiger partial charge in [0.25, 0.3) is 0 Å². The zero-order valence-corrected chi connectivity index (χ0v) is 10.4. The summed E-state index contributed by atoms with van der Waals surface area (Å²) in [5.41, 5.74) is 0.417. The molecule has 0 aliphatic rings. The van der Waals surface area contributed by atoms with Crippen molar-refractivity contribution < 1.29 is 9.18 Å². The second kappa shape index (κ2) is 5.85. The molecule has 1 N–H and O–H groups in total. The van der Waals surface area contributed by atoms with E-state index in [-0.39, 0.29) is 16.5 Å². The van der Waals surface area contributed by atoms with Gasteiger partial charge in [-0.25, -0.2) is 4.39 Å². The zero-order valence-electron chi connectivity index (χ0n) is 8.93. The van der Waals surface area contributed by atoms with Gasteiger partial charge in [-0.05, 0) is 24.6 Å². The fourth-order valence-corrected chi connectivity index (χ4v) is 1.86. The fourth-order valence-electron chi connectivity index (χ4n) is 1.31. The Labute approximate surface area is 108 Å². The second-order valence-corrected chi connectivity index (χ2v) is 4.23. The van der Waals surface area contributed by atoms with Crippen LogP contribution in [0.4, 0.5) is 4.39 Å². The molecule has 0 saturated carbocycles. The van der Waals surface area contributed by atoms with Gasteiger partial charge >= 0.3 is 0 Å². The lowest BCUT2D eigenvalue weighted by atomic mass is 10.1. The molecule has 1 atom stereocenters. The van der Waals surface area contributed by atoms with Crippen LogP contribution in [0.5, 0.6) is 0 Å². The summed E-state index contributed by atoms with van der Waals surface area (Å²) in [6.07, 6.45) is -0.252. The van der Waals surface area contributed by atoms with Crippen LogP contribution >= 0.6 is 23.2 Å². The highest BCUT2D eigenvalue weighted by atomic mass is 35.5. The summed E-state index contributed by atoms with van der Waals surface area (Å²) in [4.78, 5) is 11.2. The summed E-state index contributed by atoms with van der Waals surface area (Å²) in [5.74, 6) is -1.04. The van der Waals surface area contributed by atoms with Crippen molar-refractivity contribution in [2.75, 3.05) is 0 Å². The highest BCUT2D eigenvalue weighted by molar-refractivity contribution is 6.35. The van der Waals surface area contributed by atoms with E-state index in [0.29, 0.717) is 5.56 Å². The van der Waals surface area contributed by atoms with Crippen LogP contribution in [0.2, 0.25) is 10.0 Å². The van der Waals surface area contributed by atoms with E-state index < -0.39 is 17.8 Å². The first-order chi connectivity index (χ1) is 7.95. The van der Waals surface area contributed by atoms with Gasteiger partial charge in [0.15, 0.2) is 0 Å². The van der Waals surface area contributed by atoms with E-state index in [2.05, 4.69) is 5.32 Å². The molecule has 0 spiro atoms. The molecule has 1 aromatic rings. The van der Waals surface area contributed by atoms with Crippen molar-refractivity contribution in [2.24, 2.45) is 0 Å².